The Morgan fingerprint density at radius 2 is 2.50 bits per heavy atom. The summed E-state index contributed by atoms with van der Waals surface area (Å²) in [5.41, 5.74) is 5.02. The van der Waals surface area contributed by atoms with Crippen molar-refractivity contribution in [2.45, 2.75) is 18.9 Å². The van der Waals surface area contributed by atoms with Gasteiger partial charge in [-0.1, -0.05) is 0 Å². The Balaban J connectivity index is 2.04. The molecular formula is C8H17N3O. The number of likely N-dealkylation sites (N-methyl/N-ethyl adjacent to an activating group) is 1. The van der Waals surface area contributed by atoms with Crippen molar-refractivity contribution < 1.29 is 4.79 Å². The number of amides is 1. The Morgan fingerprint density at radius 3 is 3.00 bits per heavy atom. The highest BCUT2D eigenvalue weighted by atomic mass is 16.1. The fraction of sp³-hybridized carbons (Fsp3) is 0.875. The van der Waals surface area contributed by atoms with E-state index in [4.69, 9.17) is 5.73 Å². The van der Waals surface area contributed by atoms with Gasteiger partial charge in [-0.3, -0.25) is 4.79 Å². The molecule has 0 aromatic carbocycles. The van der Waals surface area contributed by atoms with E-state index in [9.17, 15) is 4.79 Å². The number of carbonyl (C=O) groups is 1. The maximum atomic E-state index is 10.4. The molecule has 0 bridgehead atoms. The normalized spacial score (nSPS) is 24.6. The topological polar surface area (TPSA) is 58.4 Å². The molecule has 4 heteroatoms. The maximum Gasteiger partial charge on any atom is 0.218 e. The van der Waals surface area contributed by atoms with Crippen LogP contribution in [0.5, 0.6) is 0 Å². The van der Waals surface area contributed by atoms with E-state index in [1.54, 1.807) is 0 Å². The molecule has 70 valence electrons. The van der Waals surface area contributed by atoms with Crippen LogP contribution < -0.4 is 11.1 Å². The van der Waals surface area contributed by atoms with Crippen LogP contribution in [-0.2, 0) is 4.79 Å². The van der Waals surface area contributed by atoms with Gasteiger partial charge in [-0.2, -0.15) is 0 Å². The molecule has 0 aromatic rings. The van der Waals surface area contributed by atoms with Gasteiger partial charge in [-0.25, -0.2) is 0 Å². The molecule has 0 radical (unpaired) electrons. The monoisotopic (exact) mass is 171 g/mol. The van der Waals surface area contributed by atoms with Crippen LogP contribution in [0.25, 0.3) is 0 Å². The summed E-state index contributed by atoms with van der Waals surface area (Å²) in [6, 6.07) is 0.550. The van der Waals surface area contributed by atoms with Gasteiger partial charge in [0.1, 0.15) is 0 Å². The van der Waals surface area contributed by atoms with Gasteiger partial charge in [0.05, 0.1) is 0 Å². The van der Waals surface area contributed by atoms with Crippen LogP contribution in [0.4, 0.5) is 0 Å². The lowest BCUT2D eigenvalue weighted by molar-refractivity contribution is -0.117. The minimum Gasteiger partial charge on any atom is -0.370 e. The molecule has 1 heterocycles. The van der Waals surface area contributed by atoms with Crippen LogP contribution in [0.15, 0.2) is 0 Å². The van der Waals surface area contributed by atoms with Crippen molar-refractivity contribution in [2.75, 3.05) is 26.7 Å². The smallest absolute Gasteiger partial charge is 0.218 e. The highest BCUT2D eigenvalue weighted by Gasteiger charge is 2.18. The van der Waals surface area contributed by atoms with Crippen LogP contribution in [-0.4, -0.2) is 43.5 Å². The highest BCUT2D eigenvalue weighted by Crippen LogP contribution is 2.05. The first kappa shape index (κ1) is 9.48. The molecular weight excluding hydrogens is 154 g/mol. The van der Waals surface area contributed by atoms with E-state index in [0.29, 0.717) is 19.0 Å². The van der Waals surface area contributed by atoms with Gasteiger partial charge in [0, 0.05) is 25.6 Å². The average molecular weight is 171 g/mol. The number of hydrogen-bond donors (Lipinski definition) is 2. The van der Waals surface area contributed by atoms with Crippen molar-refractivity contribution in [1.29, 1.82) is 0 Å². The molecule has 1 unspecified atom stereocenters. The molecule has 3 N–H and O–H groups in total. The van der Waals surface area contributed by atoms with Crippen LogP contribution in [0.2, 0.25) is 0 Å². The lowest BCUT2D eigenvalue weighted by atomic mass is 10.2. The maximum absolute atomic E-state index is 10.4. The SMILES string of the molecule is CN1CCC(NCCC(N)=O)C1. The van der Waals surface area contributed by atoms with Crippen molar-refractivity contribution in [3.63, 3.8) is 0 Å². The number of nitrogens with zero attached hydrogens (tertiary/aromatic N) is 1. The Labute approximate surface area is 73.1 Å². The first-order valence-electron chi connectivity index (χ1n) is 4.38. The van der Waals surface area contributed by atoms with Gasteiger partial charge in [-0.05, 0) is 20.0 Å². The van der Waals surface area contributed by atoms with Gasteiger partial charge in [0.2, 0.25) is 5.91 Å². The molecule has 1 aliphatic heterocycles. The number of likely N-dealkylation sites (tertiary alicyclic amines) is 1. The molecule has 1 saturated heterocycles. The summed E-state index contributed by atoms with van der Waals surface area (Å²) in [5.74, 6) is -0.228. The van der Waals surface area contributed by atoms with Crippen LogP contribution in [0, 0.1) is 0 Å². The standard InChI is InChI=1S/C8H17N3O/c1-11-5-3-7(6-11)10-4-2-8(9)12/h7,10H,2-6H2,1H3,(H2,9,12). The molecule has 1 fully saturated rings. The van der Waals surface area contributed by atoms with E-state index in [1.165, 1.54) is 6.42 Å². The third kappa shape index (κ3) is 3.19. The van der Waals surface area contributed by atoms with Gasteiger partial charge in [-0.15, -0.1) is 0 Å². The van der Waals surface area contributed by atoms with E-state index >= 15 is 0 Å². The molecule has 0 spiro atoms. The van der Waals surface area contributed by atoms with Gasteiger partial charge in [0.25, 0.3) is 0 Å². The van der Waals surface area contributed by atoms with Crippen molar-refractivity contribution in [2.24, 2.45) is 5.73 Å². The summed E-state index contributed by atoms with van der Waals surface area (Å²) < 4.78 is 0. The van der Waals surface area contributed by atoms with Crippen LogP contribution >= 0.6 is 0 Å². The van der Waals surface area contributed by atoms with Crippen molar-refractivity contribution in [1.82, 2.24) is 10.2 Å². The minimum absolute atomic E-state index is 0.228. The Kier molecular flexibility index (Phi) is 3.49. The highest BCUT2D eigenvalue weighted by molar-refractivity contribution is 5.73. The quantitative estimate of drug-likeness (QED) is 0.579. The minimum atomic E-state index is -0.228. The Morgan fingerprint density at radius 1 is 1.75 bits per heavy atom. The van der Waals surface area contributed by atoms with Crippen molar-refractivity contribution in [3.8, 4) is 0 Å². The molecule has 1 amide bonds. The lowest BCUT2D eigenvalue weighted by Gasteiger charge is -2.11. The Bertz CT molecular complexity index is 160. The number of primary amides is 1. The van der Waals surface area contributed by atoms with Crippen molar-refractivity contribution in [3.05, 3.63) is 0 Å². The summed E-state index contributed by atoms with van der Waals surface area (Å²) in [7, 11) is 2.11. The first-order valence-corrected chi connectivity index (χ1v) is 4.38. The molecule has 0 saturated carbocycles. The van der Waals surface area contributed by atoms with Gasteiger partial charge in [0.15, 0.2) is 0 Å². The number of carbonyl (C=O) groups excluding carboxylic acids is 1. The van der Waals surface area contributed by atoms with E-state index in [0.717, 1.165) is 13.1 Å². The first-order chi connectivity index (χ1) is 5.68. The zero-order valence-electron chi connectivity index (χ0n) is 7.55. The zero-order valence-corrected chi connectivity index (χ0v) is 7.55. The second kappa shape index (κ2) is 4.42. The second-order valence-electron chi connectivity index (χ2n) is 3.42. The molecule has 0 aliphatic carbocycles. The summed E-state index contributed by atoms with van der Waals surface area (Å²) in [5, 5.41) is 3.30. The number of nitrogens with two attached hydrogens (primary N) is 1. The second-order valence-corrected chi connectivity index (χ2v) is 3.42. The predicted octanol–water partition coefficient (Wildman–Crippen LogP) is -0.844. The fourth-order valence-corrected chi connectivity index (χ4v) is 1.50. The number of rotatable bonds is 4. The largest absolute Gasteiger partial charge is 0.370 e. The average Bonchev–Trinajstić information content (AvgIpc) is 2.35. The molecule has 4 nitrogen and oxygen atoms in total. The molecule has 1 atom stereocenters. The summed E-state index contributed by atoms with van der Waals surface area (Å²) >= 11 is 0. The number of hydrogen-bond acceptors (Lipinski definition) is 3. The predicted molar refractivity (Wildman–Crippen MR) is 47.7 cm³/mol. The third-order valence-electron chi connectivity index (χ3n) is 2.20. The van der Waals surface area contributed by atoms with Gasteiger partial charge < -0.3 is 16.0 Å². The van der Waals surface area contributed by atoms with E-state index < -0.39 is 0 Å². The van der Waals surface area contributed by atoms with Crippen LogP contribution in [0.3, 0.4) is 0 Å². The van der Waals surface area contributed by atoms with Crippen LogP contribution in [0.1, 0.15) is 12.8 Å². The van der Waals surface area contributed by atoms with E-state index in [2.05, 4.69) is 17.3 Å². The van der Waals surface area contributed by atoms with Crippen molar-refractivity contribution >= 4 is 5.91 Å². The Hall–Kier alpha value is -0.610. The zero-order chi connectivity index (χ0) is 8.97. The summed E-state index contributed by atoms with van der Waals surface area (Å²) in [6.07, 6.45) is 1.62. The molecule has 1 rings (SSSR count). The summed E-state index contributed by atoms with van der Waals surface area (Å²) in [6.45, 7) is 2.95. The third-order valence-corrected chi connectivity index (χ3v) is 2.20. The molecule has 12 heavy (non-hydrogen) atoms. The van der Waals surface area contributed by atoms with Gasteiger partial charge >= 0.3 is 0 Å². The molecule has 0 aromatic heterocycles. The number of nitrogens with one attached hydrogen (secondary N) is 1. The van der Waals surface area contributed by atoms with E-state index in [-0.39, 0.29) is 5.91 Å². The summed E-state index contributed by atoms with van der Waals surface area (Å²) in [4.78, 5) is 12.7. The molecule has 1 aliphatic rings. The van der Waals surface area contributed by atoms with E-state index in [1.807, 2.05) is 0 Å². The fourth-order valence-electron chi connectivity index (χ4n) is 1.50. The lowest BCUT2D eigenvalue weighted by Crippen LogP contribution is -2.33.